The van der Waals surface area contributed by atoms with E-state index in [4.69, 9.17) is 4.98 Å². The lowest BCUT2D eigenvalue weighted by atomic mass is 9.85. The molecule has 2 rings (SSSR count). The van der Waals surface area contributed by atoms with Crippen molar-refractivity contribution in [1.29, 1.82) is 0 Å². The number of thiazole rings is 1. The Labute approximate surface area is 134 Å². The van der Waals surface area contributed by atoms with Crippen LogP contribution in [0.25, 0.3) is 0 Å². The van der Waals surface area contributed by atoms with Crippen LogP contribution in [0.4, 0.5) is 5.13 Å². The Morgan fingerprint density at radius 3 is 2.57 bits per heavy atom. The highest BCUT2D eigenvalue weighted by Crippen LogP contribution is 2.37. The summed E-state index contributed by atoms with van der Waals surface area (Å²) in [6, 6.07) is 0. The second-order valence-electron chi connectivity index (χ2n) is 8.05. The fraction of sp³-hybridized carbons (Fsp3) is 0.824. The molecule has 1 aliphatic heterocycles. The van der Waals surface area contributed by atoms with E-state index in [1.54, 1.807) is 0 Å². The topological polar surface area (TPSA) is 28.2 Å². The number of hydrogen-bond donors (Lipinski definition) is 1. The van der Waals surface area contributed by atoms with Crippen LogP contribution >= 0.6 is 11.3 Å². The third kappa shape index (κ3) is 4.19. The first-order chi connectivity index (χ1) is 9.73. The summed E-state index contributed by atoms with van der Waals surface area (Å²) in [5.41, 5.74) is 1.86. The van der Waals surface area contributed by atoms with Crippen molar-refractivity contribution < 1.29 is 0 Å². The van der Waals surface area contributed by atoms with E-state index in [2.05, 4.69) is 44.8 Å². The molecule has 0 radical (unpaired) electrons. The maximum Gasteiger partial charge on any atom is 0.185 e. The molecule has 0 spiro atoms. The average Bonchev–Trinajstić information content (AvgIpc) is 2.69. The largest absolute Gasteiger partial charge is 0.348 e. The van der Waals surface area contributed by atoms with Gasteiger partial charge in [0.25, 0.3) is 0 Å². The minimum atomic E-state index is 0.117. The second-order valence-corrected chi connectivity index (χ2v) is 9.12. The van der Waals surface area contributed by atoms with Crippen LogP contribution in [-0.2, 0) is 12.0 Å². The normalized spacial score (nSPS) is 19.6. The van der Waals surface area contributed by atoms with Crippen LogP contribution in [0.1, 0.15) is 64.5 Å². The maximum atomic E-state index is 5.02. The highest BCUT2D eigenvalue weighted by molar-refractivity contribution is 7.15. The monoisotopic (exact) mass is 309 g/mol. The number of hydrogen-bond acceptors (Lipinski definition) is 4. The SMILES string of the molecule is CNCc1sc(N2CCCC(C)(C)CC2)nc1C(C)(C)C. The van der Waals surface area contributed by atoms with Gasteiger partial charge in [0.2, 0.25) is 0 Å². The van der Waals surface area contributed by atoms with Gasteiger partial charge in [-0.25, -0.2) is 4.98 Å². The molecule has 1 N–H and O–H groups in total. The van der Waals surface area contributed by atoms with Crippen LogP contribution in [0, 0.1) is 5.41 Å². The molecule has 0 saturated carbocycles. The minimum absolute atomic E-state index is 0.117. The van der Waals surface area contributed by atoms with Crippen LogP contribution in [0.2, 0.25) is 0 Å². The molecule has 2 heterocycles. The summed E-state index contributed by atoms with van der Waals surface area (Å²) in [7, 11) is 2.01. The zero-order chi connectivity index (χ0) is 15.7. The van der Waals surface area contributed by atoms with Gasteiger partial charge in [-0.05, 0) is 31.7 Å². The molecule has 3 nitrogen and oxygen atoms in total. The quantitative estimate of drug-likeness (QED) is 0.908. The summed E-state index contributed by atoms with van der Waals surface area (Å²) in [5.74, 6) is 0. The van der Waals surface area contributed by atoms with Gasteiger partial charge in [0.15, 0.2) is 5.13 Å². The molecule has 0 bridgehead atoms. The van der Waals surface area contributed by atoms with Crippen molar-refractivity contribution in [3.05, 3.63) is 10.6 Å². The third-order valence-corrected chi connectivity index (χ3v) is 5.46. The summed E-state index contributed by atoms with van der Waals surface area (Å²) in [4.78, 5) is 8.92. The Kier molecular flexibility index (Phi) is 4.99. The summed E-state index contributed by atoms with van der Waals surface area (Å²) in [6.07, 6.45) is 3.86. The van der Waals surface area contributed by atoms with Gasteiger partial charge in [-0.15, -0.1) is 11.3 Å². The predicted octanol–water partition coefficient (Wildman–Crippen LogP) is 4.18. The van der Waals surface area contributed by atoms with Gasteiger partial charge >= 0.3 is 0 Å². The van der Waals surface area contributed by atoms with Crippen molar-refractivity contribution >= 4 is 16.5 Å². The molecule has 0 unspecified atom stereocenters. The van der Waals surface area contributed by atoms with Gasteiger partial charge in [0.05, 0.1) is 5.69 Å². The van der Waals surface area contributed by atoms with Gasteiger partial charge in [0.1, 0.15) is 0 Å². The van der Waals surface area contributed by atoms with E-state index in [-0.39, 0.29) is 5.41 Å². The molecule has 0 aliphatic carbocycles. The van der Waals surface area contributed by atoms with Crippen molar-refractivity contribution in [2.75, 3.05) is 25.0 Å². The first-order valence-corrected chi connectivity index (χ1v) is 8.94. The molecule has 0 amide bonds. The van der Waals surface area contributed by atoms with Crippen LogP contribution in [-0.4, -0.2) is 25.1 Å². The van der Waals surface area contributed by atoms with Crippen LogP contribution < -0.4 is 10.2 Å². The zero-order valence-electron chi connectivity index (χ0n) is 14.5. The molecule has 1 aliphatic rings. The Morgan fingerprint density at radius 1 is 1.24 bits per heavy atom. The number of rotatable bonds is 3. The van der Waals surface area contributed by atoms with Crippen molar-refractivity contribution in [2.45, 2.75) is 65.8 Å². The minimum Gasteiger partial charge on any atom is -0.348 e. The first-order valence-electron chi connectivity index (χ1n) is 8.13. The van der Waals surface area contributed by atoms with Gasteiger partial charge < -0.3 is 10.2 Å². The molecule has 1 fully saturated rings. The average molecular weight is 310 g/mol. The van der Waals surface area contributed by atoms with E-state index in [1.807, 2.05) is 18.4 Å². The summed E-state index contributed by atoms with van der Waals surface area (Å²) in [5, 5.41) is 4.51. The van der Waals surface area contributed by atoms with E-state index in [0.717, 1.165) is 19.6 Å². The highest BCUT2D eigenvalue weighted by atomic mass is 32.1. The number of nitrogens with one attached hydrogen (secondary N) is 1. The molecule has 1 aromatic rings. The van der Waals surface area contributed by atoms with Gasteiger partial charge in [0, 0.05) is 29.9 Å². The molecular formula is C17H31N3S. The lowest BCUT2D eigenvalue weighted by Gasteiger charge is -2.23. The van der Waals surface area contributed by atoms with E-state index in [9.17, 15) is 0 Å². The first kappa shape index (κ1) is 16.8. The Morgan fingerprint density at radius 2 is 1.95 bits per heavy atom. The Balaban J connectivity index is 2.24. The van der Waals surface area contributed by atoms with Crippen molar-refractivity contribution in [2.24, 2.45) is 5.41 Å². The van der Waals surface area contributed by atoms with Gasteiger partial charge in [-0.1, -0.05) is 34.6 Å². The van der Waals surface area contributed by atoms with E-state index >= 15 is 0 Å². The Hall–Kier alpha value is -0.610. The lowest BCUT2D eigenvalue weighted by Crippen LogP contribution is -2.25. The molecular weight excluding hydrogens is 278 g/mol. The standard InChI is InChI=1S/C17H31N3S/c1-16(2,3)14-13(12-18-6)21-15(19-14)20-10-7-8-17(4,5)9-11-20/h18H,7-12H2,1-6H3. The molecule has 21 heavy (non-hydrogen) atoms. The maximum absolute atomic E-state index is 5.02. The molecule has 1 aromatic heterocycles. The van der Waals surface area contributed by atoms with Crippen molar-refractivity contribution in [1.82, 2.24) is 10.3 Å². The molecule has 120 valence electrons. The second kappa shape index (κ2) is 6.25. The van der Waals surface area contributed by atoms with E-state index < -0.39 is 0 Å². The lowest BCUT2D eigenvalue weighted by molar-refractivity contribution is 0.325. The fourth-order valence-electron chi connectivity index (χ4n) is 2.96. The van der Waals surface area contributed by atoms with Crippen molar-refractivity contribution in [3.63, 3.8) is 0 Å². The smallest absolute Gasteiger partial charge is 0.185 e. The number of aromatic nitrogens is 1. The molecule has 4 heteroatoms. The predicted molar refractivity (Wildman–Crippen MR) is 93.4 cm³/mol. The highest BCUT2D eigenvalue weighted by Gasteiger charge is 2.27. The number of nitrogens with zero attached hydrogens (tertiary/aromatic N) is 2. The summed E-state index contributed by atoms with van der Waals surface area (Å²) < 4.78 is 0. The van der Waals surface area contributed by atoms with E-state index in [0.29, 0.717) is 5.41 Å². The molecule has 0 atom stereocenters. The molecule has 0 aromatic carbocycles. The summed E-state index contributed by atoms with van der Waals surface area (Å²) in [6.45, 7) is 14.8. The Bertz CT molecular complexity index is 471. The molecule has 1 saturated heterocycles. The number of anilines is 1. The third-order valence-electron chi connectivity index (χ3n) is 4.34. The zero-order valence-corrected chi connectivity index (χ0v) is 15.4. The summed E-state index contributed by atoms with van der Waals surface area (Å²) >= 11 is 1.88. The van der Waals surface area contributed by atoms with Crippen molar-refractivity contribution in [3.8, 4) is 0 Å². The van der Waals surface area contributed by atoms with Crippen LogP contribution in [0.3, 0.4) is 0 Å². The van der Waals surface area contributed by atoms with Crippen LogP contribution in [0.15, 0.2) is 0 Å². The van der Waals surface area contributed by atoms with Gasteiger partial charge in [-0.3, -0.25) is 0 Å². The van der Waals surface area contributed by atoms with Crippen LogP contribution in [0.5, 0.6) is 0 Å². The van der Waals surface area contributed by atoms with E-state index in [1.165, 1.54) is 35.0 Å². The fourth-order valence-corrected chi connectivity index (χ4v) is 4.29. The van der Waals surface area contributed by atoms with Gasteiger partial charge in [-0.2, -0.15) is 0 Å².